The molecule has 0 saturated heterocycles. The molecule has 0 aliphatic heterocycles. The summed E-state index contributed by atoms with van der Waals surface area (Å²) in [7, 11) is 0. The maximum absolute atomic E-state index is 5.86. The highest BCUT2D eigenvalue weighted by molar-refractivity contribution is 6.28. The number of ether oxygens (including phenoxy) is 1. The zero-order valence-corrected chi connectivity index (χ0v) is 11.0. The lowest BCUT2D eigenvalue weighted by atomic mass is 10.2. The van der Waals surface area contributed by atoms with Crippen molar-refractivity contribution in [3.8, 4) is 11.6 Å². The van der Waals surface area contributed by atoms with E-state index >= 15 is 0 Å². The van der Waals surface area contributed by atoms with Gasteiger partial charge >= 0.3 is 0 Å². The van der Waals surface area contributed by atoms with E-state index in [4.69, 9.17) is 22.1 Å². The van der Waals surface area contributed by atoms with Crippen molar-refractivity contribution in [1.82, 2.24) is 9.97 Å². The third-order valence-corrected chi connectivity index (χ3v) is 2.76. The number of benzene rings is 1. The zero-order chi connectivity index (χ0) is 13.1. The molecule has 0 bridgehead atoms. The zero-order valence-electron chi connectivity index (χ0n) is 10.3. The maximum Gasteiger partial charge on any atom is 0.247 e. The molecule has 2 aromatic rings. The standard InChI is InChI=1S/C13H14ClN3O/c1-3-9-5-4-6-10(7-9)18-12-11(15)8(2)16-13(14)17-12/h4-7H,3,15H2,1-2H3. The number of aryl methyl sites for hydroxylation is 2. The van der Waals surface area contributed by atoms with E-state index in [0.717, 1.165) is 6.42 Å². The Bertz CT molecular complexity index is 572. The van der Waals surface area contributed by atoms with Gasteiger partial charge in [0.1, 0.15) is 11.4 Å². The molecule has 2 N–H and O–H groups in total. The van der Waals surface area contributed by atoms with Gasteiger partial charge in [0.05, 0.1) is 5.69 Å². The Balaban J connectivity index is 2.33. The second kappa shape index (κ2) is 5.23. The smallest absolute Gasteiger partial charge is 0.247 e. The van der Waals surface area contributed by atoms with E-state index in [1.165, 1.54) is 5.56 Å². The highest BCUT2D eigenvalue weighted by atomic mass is 35.5. The van der Waals surface area contributed by atoms with Gasteiger partial charge in [-0.2, -0.15) is 4.98 Å². The molecule has 2 rings (SSSR count). The third-order valence-electron chi connectivity index (χ3n) is 2.60. The van der Waals surface area contributed by atoms with Crippen LogP contribution in [0.3, 0.4) is 0 Å². The molecule has 0 spiro atoms. The van der Waals surface area contributed by atoms with Crippen LogP contribution in [0.2, 0.25) is 5.28 Å². The Morgan fingerprint density at radius 2 is 2.11 bits per heavy atom. The molecule has 1 aromatic carbocycles. The normalized spacial score (nSPS) is 10.4. The van der Waals surface area contributed by atoms with Crippen molar-refractivity contribution in [1.29, 1.82) is 0 Å². The predicted octanol–water partition coefficient (Wildman–Crippen LogP) is 3.38. The molecule has 0 aliphatic carbocycles. The van der Waals surface area contributed by atoms with Crippen molar-refractivity contribution in [2.24, 2.45) is 0 Å². The third kappa shape index (κ3) is 2.71. The summed E-state index contributed by atoms with van der Waals surface area (Å²) >= 11 is 5.79. The SMILES string of the molecule is CCc1cccc(Oc2nc(Cl)nc(C)c2N)c1. The van der Waals surface area contributed by atoms with Gasteiger partial charge in [-0.3, -0.25) is 0 Å². The maximum atomic E-state index is 5.86. The van der Waals surface area contributed by atoms with E-state index in [1.807, 2.05) is 24.3 Å². The molecule has 1 heterocycles. The number of hydrogen-bond donors (Lipinski definition) is 1. The first-order chi connectivity index (χ1) is 8.60. The summed E-state index contributed by atoms with van der Waals surface area (Å²) < 4.78 is 5.65. The molecular weight excluding hydrogens is 250 g/mol. The van der Waals surface area contributed by atoms with E-state index in [1.54, 1.807) is 6.92 Å². The minimum atomic E-state index is 0.128. The van der Waals surface area contributed by atoms with Crippen LogP contribution in [0.25, 0.3) is 0 Å². The summed E-state index contributed by atoms with van der Waals surface area (Å²) in [6.07, 6.45) is 0.941. The minimum Gasteiger partial charge on any atom is -0.437 e. The molecule has 5 heteroatoms. The van der Waals surface area contributed by atoms with Crippen molar-refractivity contribution < 1.29 is 4.74 Å². The van der Waals surface area contributed by atoms with E-state index in [-0.39, 0.29) is 5.28 Å². The van der Waals surface area contributed by atoms with Crippen LogP contribution in [-0.4, -0.2) is 9.97 Å². The number of nitrogens with zero attached hydrogens (tertiary/aromatic N) is 2. The van der Waals surface area contributed by atoms with Crippen molar-refractivity contribution >= 4 is 17.3 Å². The number of hydrogen-bond acceptors (Lipinski definition) is 4. The van der Waals surface area contributed by atoms with Crippen molar-refractivity contribution in [2.75, 3.05) is 5.73 Å². The lowest BCUT2D eigenvalue weighted by Gasteiger charge is -2.09. The highest BCUT2D eigenvalue weighted by Crippen LogP contribution is 2.28. The van der Waals surface area contributed by atoms with Crippen LogP contribution in [0.4, 0.5) is 5.69 Å². The van der Waals surface area contributed by atoms with Crippen LogP contribution in [0.1, 0.15) is 18.2 Å². The van der Waals surface area contributed by atoms with Crippen molar-refractivity contribution in [3.63, 3.8) is 0 Å². The Morgan fingerprint density at radius 1 is 1.33 bits per heavy atom. The van der Waals surface area contributed by atoms with Gasteiger partial charge in [-0.05, 0) is 42.6 Å². The largest absolute Gasteiger partial charge is 0.437 e. The quantitative estimate of drug-likeness (QED) is 0.863. The Labute approximate surface area is 111 Å². The van der Waals surface area contributed by atoms with Gasteiger partial charge < -0.3 is 10.5 Å². The fraction of sp³-hybridized carbons (Fsp3) is 0.231. The number of anilines is 1. The molecule has 94 valence electrons. The molecule has 0 radical (unpaired) electrons. The number of rotatable bonds is 3. The van der Waals surface area contributed by atoms with E-state index in [2.05, 4.69) is 16.9 Å². The van der Waals surface area contributed by atoms with Gasteiger partial charge in [-0.1, -0.05) is 19.1 Å². The lowest BCUT2D eigenvalue weighted by Crippen LogP contribution is -2.01. The number of halogens is 1. The Hall–Kier alpha value is -1.81. The van der Waals surface area contributed by atoms with Crippen LogP contribution in [0.15, 0.2) is 24.3 Å². The second-order valence-electron chi connectivity index (χ2n) is 3.90. The molecule has 0 atom stereocenters. The Kier molecular flexibility index (Phi) is 3.67. The van der Waals surface area contributed by atoms with Gasteiger partial charge in [0, 0.05) is 0 Å². The first kappa shape index (κ1) is 12.6. The molecule has 4 nitrogen and oxygen atoms in total. The van der Waals surface area contributed by atoms with Gasteiger partial charge in [0.2, 0.25) is 11.2 Å². The summed E-state index contributed by atoms with van der Waals surface area (Å²) in [6.45, 7) is 3.84. The average molecular weight is 264 g/mol. The summed E-state index contributed by atoms with van der Waals surface area (Å²) in [4.78, 5) is 7.95. The van der Waals surface area contributed by atoms with E-state index in [9.17, 15) is 0 Å². The monoisotopic (exact) mass is 263 g/mol. The fourth-order valence-corrected chi connectivity index (χ4v) is 1.74. The molecular formula is C13H14ClN3O. The first-order valence-electron chi connectivity index (χ1n) is 5.66. The topological polar surface area (TPSA) is 61.0 Å². The van der Waals surface area contributed by atoms with Gasteiger partial charge in [0.15, 0.2) is 0 Å². The van der Waals surface area contributed by atoms with E-state index < -0.39 is 0 Å². The number of nitrogens with two attached hydrogens (primary N) is 1. The van der Waals surface area contributed by atoms with Crippen LogP contribution in [0.5, 0.6) is 11.6 Å². The summed E-state index contributed by atoms with van der Waals surface area (Å²) in [6, 6.07) is 7.77. The van der Waals surface area contributed by atoms with Gasteiger partial charge in [-0.15, -0.1) is 0 Å². The van der Waals surface area contributed by atoms with Crippen molar-refractivity contribution in [3.05, 3.63) is 40.8 Å². The average Bonchev–Trinajstić information content (AvgIpc) is 2.35. The van der Waals surface area contributed by atoms with E-state index in [0.29, 0.717) is 23.0 Å². The Morgan fingerprint density at radius 3 is 2.83 bits per heavy atom. The van der Waals surface area contributed by atoms with Crippen LogP contribution < -0.4 is 10.5 Å². The van der Waals surface area contributed by atoms with Crippen LogP contribution in [0, 0.1) is 6.92 Å². The summed E-state index contributed by atoms with van der Waals surface area (Å²) in [5.41, 5.74) is 8.06. The van der Waals surface area contributed by atoms with Crippen LogP contribution >= 0.6 is 11.6 Å². The molecule has 0 fully saturated rings. The van der Waals surface area contributed by atoms with Crippen LogP contribution in [-0.2, 0) is 6.42 Å². The first-order valence-corrected chi connectivity index (χ1v) is 6.04. The molecule has 0 aliphatic rings. The molecule has 0 amide bonds. The van der Waals surface area contributed by atoms with Gasteiger partial charge in [-0.25, -0.2) is 4.98 Å². The van der Waals surface area contributed by atoms with Crippen molar-refractivity contribution in [2.45, 2.75) is 20.3 Å². The number of nitrogen functional groups attached to an aromatic ring is 1. The lowest BCUT2D eigenvalue weighted by molar-refractivity contribution is 0.463. The number of aromatic nitrogens is 2. The second-order valence-corrected chi connectivity index (χ2v) is 4.24. The summed E-state index contributed by atoms with van der Waals surface area (Å²) in [5, 5.41) is 0.128. The predicted molar refractivity (Wildman–Crippen MR) is 72.1 cm³/mol. The molecule has 18 heavy (non-hydrogen) atoms. The molecule has 0 unspecified atom stereocenters. The minimum absolute atomic E-state index is 0.128. The molecule has 1 aromatic heterocycles. The fourth-order valence-electron chi connectivity index (χ4n) is 1.54. The molecule has 0 saturated carbocycles. The van der Waals surface area contributed by atoms with Gasteiger partial charge in [0.25, 0.3) is 0 Å². The summed E-state index contributed by atoms with van der Waals surface area (Å²) in [5.74, 6) is 0.982. The highest BCUT2D eigenvalue weighted by Gasteiger charge is 2.10.